The maximum Gasteiger partial charge on any atom is 0.164 e. The molecular formula is C61H39N3. The largest absolute Gasteiger partial charge is 0.208 e. The Labute approximate surface area is 371 Å². The van der Waals surface area contributed by atoms with Crippen molar-refractivity contribution in [3.63, 3.8) is 0 Å². The Morgan fingerprint density at radius 1 is 0.203 bits per heavy atom. The van der Waals surface area contributed by atoms with Gasteiger partial charge in [-0.3, -0.25) is 0 Å². The molecule has 0 fully saturated rings. The monoisotopic (exact) mass is 813 g/mol. The minimum absolute atomic E-state index is 0.620. The van der Waals surface area contributed by atoms with Crippen molar-refractivity contribution < 1.29 is 0 Å². The molecule has 0 radical (unpaired) electrons. The maximum absolute atomic E-state index is 5.36. The van der Waals surface area contributed by atoms with Gasteiger partial charge >= 0.3 is 0 Å². The predicted octanol–water partition coefficient (Wildman–Crippen LogP) is 16.2. The van der Waals surface area contributed by atoms with Crippen molar-refractivity contribution in [2.45, 2.75) is 0 Å². The van der Waals surface area contributed by atoms with E-state index in [0.717, 1.165) is 55.3 Å². The van der Waals surface area contributed by atoms with Crippen LogP contribution in [-0.4, -0.2) is 15.0 Å². The van der Waals surface area contributed by atoms with Crippen LogP contribution in [0.2, 0.25) is 0 Å². The summed E-state index contributed by atoms with van der Waals surface area (Å²) in [5.41, 5.74) is 12.1. The first-order chi connectivity index (χ1) is 31.7. The zero-order valence-corrected chi connectivity index (χ0v) is 34.9. The van der Waals surface area contributed by atoms with Gasteiger partial charge in [0.25, 0.3) is 0 Å². The summed E-state index contributed by atoms with van der Waals surface area (Å²) in [6, 6.07) is 84.2. The molecule has 0 unspecified atom stereocenters. The maximum atomic E-state index is 5.36. The molecule has 298 valence electrons. The van der Waals surface area contributed by atoms with Gasteiger partial charge in [0.1, 0.15) is 0 Å². The minimum Gasteiger partial charge on any atom is -0.208 e. The molecule has 0 bridgehead atoms. The summed E-state index contributed by atoms with van der Waals surface area (Å²) in [4.78, 5) is 16.0. The summed E-state index contributed by atoms with van der Waals surface area (Å²) in [5, 5.41) is 9.54. The van der Waals surface area contributed by atoms with Crippen molar-refractivity contribution in [3.8, 4) is 78.7 Å². The molecule has 3 nitrogen and oxygen atoms in total. The van der Waals surface area contributed by atoms with E-state index in [1.54, 1.807) is 0 Å². The summed E-state index contributed by atoms with van der Waals surface area (Å²) in [5.74, 6) is 1.87. The lowest BCUT2D eigenvalue weighted by atomic mass is 9.84. The normalized spacial score (nSPS) is 11.4. The first-order valence-corrected chi connectivity index (χ1v) is 21.8. The van der Waals surface area contributed by atoms with E-state index in [-0.39, 0.29) is 0 Å². The molecule has 12 rings (SSSR count). The number of hydrogen-bond donors (Lipinski definition) is 0. The lowest BCUT2D eigenvalue weighted by molar-refractivity contribution is 1.08. The average Bonchev–Trinajstić information content (AvgIpc) is 3.38. The van der Waals surface area contributed by atoms with Crippen molar-refractivity contribution in [1.29, 1.82) is 0 Å². The molecular weight excluding hydrogens is 775 g/mol. The standard InChI is InChI=1S/C61H39N3/c1-3-18-40(19-4-1)44-24-17-25-46(39-44)59-62-60(55-33-16-9-26-47(55)42-21-5-2-6-22-42)64-61(63-59)56-37-36-54(48-27-10-11-28-49(48)56)58-52-31-14-12-29-50(52)57(51-30-13-15-32-53(51)58)45-35-34-41-20-7-8-23-43(41)38-45/h1-39H. The summed E-state index contributed by atoms with van der Waals surface area (Å²) in [6.07, 6.45) is 0. The lowest BCUT2D eigenvalue weighted by Crippen LogP contribution is -2.02. The van der Waals surface area contributed by atoms with Crippen LogP contribution in [0.3, 0.4) is 0 Å². The Bertz CT molecular complexity index is 3670. The van der Waals surface area contributed by atoms with Gasteiger partial charge in [-0.15, -0.1) is 0 Å². The first kappa shape index (κ1) is 37.2. The van der Waals surface area contributed by atoms with Crippen LogP contribution in [0.15, 0.2) is 237 Å². The van der Waals surface area contributed by atoms with Crippen LogP contribution in [0.25, 0.3) is 122 Å². The van der Waals surface area contributed by atoms with E-state index in [9.17, 15) is 0 Å². The molecule has 0 saturated carbocycles. The van der Waals surface area contributed by atoms with Crippen LogP contribution < -0.4 is 0 Å². The molecule has 0 aliphatic heterocycles. The second-order valence-electron chi connectivity index (χ2n) is 16.3. The van der Waals surface area contributed by atoms with Crippen LogP contribution in [0.4, 0.5) is 0 Å². The van der Waals surface area contributed by atoms with Gasteiger partial charge in [0, 0.05) is 16.7 Å². The number of hydrogen-bond acceptors (Lipinski definition) is 3. The fraction of sp³-hybridized carbons (Fsp3) is 0. The van der Waals surface area contributed by atoms with Gasteiger partial charge in [0.15, 0.2) is 17.5 Å². The summed E-state index contributed by atoms with van der Waals surface area (Å²) in [6.45, 7) is 0. The highest BCUT2D eigenvalue weighted by atomic mass is 15.0. The van der Waals surface area contributed by atoms with E-state index in [1.807, 2.05) is 12.1 Å². The van der Waals surface area contributed by atoms with Gasteiger partial charge in [0.2, 0.25) is 0 Å². The summed E-state index contributed by atoms with van der Waals surface area (Å²) < 4.78 is 0. The second kappa shape index (κ2) is 15.7. The molecule has 0 atom stereocenters. The third-order valence-corrected chi connectivity index (χ3v) is 12.5. The molecule has 11 aromatic carbocycles. The van der Waals surface area contributed by atoms with Gasteiger partial charge < -0.3 is 0 Å². The van der Waals surface area contributed by atoms with E-state index in [4.69, 9.17) is 15.0 Å². The molecule has 0 spiro atoms. The van der Waals surface area contributed by atoms with Crippen LogP contribution >= 0.6 is 0 Å². The van der Waals surface area contributed by atoms with Crippen LogP contribution in [0.5, 0.6) is 0 Å². The van der Waals surface area contributed by atoms with Gasteiger partial charge in [-0.2, -0.15) is 0 Å². The molecule has 1 aromatic heterocycles. The van der Waals surface area contributed by atoms with Crippen LogP contribution in [-0.2, 0) is 0 Å². The quantitative estimate of drug-likeness (QED) is 0.150. The van der Waals surface area contributed by atoms with Crippen molar-refractivity contribution in [3.05, 3.63) is 237 Å². The van der Waals surface area contributed by atoms with Crippen molar-refractivity contribution in [2.75, 3.05) is 0 Å². The van der Waals surface area contributed by atoms with Crippen LogP contribution in [0.1, 0.15) is 0 Å². The molecule has 0 aliphatic carbocycles. The van der Waals surface area contributed by atoms with Gasteiger partial charge in [0.05, 0.1) is 0 Å². The topological polar surface area (TPSA) is 38.7 Å². The minimum atomic E-state index is 0.620. The summed E-state index contributed by atoms with van der Waals surface area (Å²) >= 11 is 0. The number of rotatable bonds is 7. The Morgan fingerprint density at radius 3 is 1.36 bits per heavy atom. The van der Waals surface area contributed by atoms with Gasteiger partial charge in [-0.25, -0.2) is 15.0 Å². The second-order valence-corrected chi connectivity index (χ2v) is 16.3. The molecule has 0 N–H and O–H groups in total. The highest BCUT2D eigenvalue weighted by Crippen LogP contribution is 2.47. The number of aromatic nitrogens is 3. The molecule has 0 aliphatic rings. The van der Waals surface area contributed by atoms with E-state index in [0.29, 0.717) is 17.5 Å². The SMILES string of the molecule is c1ccc(-c2cccc(-c3nc(-c4ccccc4-c4ccccc4)nc(-c4ccc(-c5c6ccccc6c(-c6ccc7ccccc7c6)c6ccccc56)c5ccccc45)n3)c2)cc1. The Morgan fingerprint density at radius 2 is 0.672 bits per heavy atom. The molecule has 0 saturated heterocycles. The molecule has 64 heavy (non-hydrogen) atoms. The third-order valence-electron chi connectivity index (χ3n) is 12.5. The lowest BCUT2D eigenvalue weighted by Gasteiger charge is -2.20. The summed E-state index contributed by atoms with van der Waals surface area (Å²) in [7, 11) is 0. The van der Waals surface area contributed by atoms with E-state index >= 15 is 0 Å². The number of fused-ring (bicyclic) bond motifs is 4. The fourth-order valence-electron chi connectivity index (χ4n) is 9.55. The highest BCUT2D eigenvalue weighted by Gasteiger charge is 2.21. The molecule has 0 amide bonds. The van der Waals surface area contributed by atoms with Gasteiger partial charge in [-0.1, -0.05) is 218 Å². The van der Waals surface area contributed by atoms with Gasteiger partial charge in [-0.05, 0) is 106 Å². The Kier molecular flexibility index (Phi) is 9.16. The zero-order chi connectivity index (χ0) is 42.4. The number of nitrogens with zero attached hydrogens (tertiary/aromatic N) is 3. The third kappa shape index (κ3) is 6.50. The molecule has 12 aromatic rings. The fourth-order valence-corrected chi connectivity index (χ4v) is 9.55. The van der Waals surface area contributed by atoms with Crippen LogP contribution in [0, 0.1) is 0 Å². The van der Waals surface area contributed by atoms with E-state index in [2.05, 4.69) is 224 Å². The molecule has 1 heterocycles. The van der Waals surface area contributed by atoms with E-state index < -0.39 is 0 Å². The Balaban J connectivity index is 1.08. The Hall–Kier alpha value is -8.53. The zero-order valence-electron chi connectivity index (χ0n) is 34.9. The van der Waals surface area contributed by atoms with Crippen molar-refractivity contribution in [1.82, 2.24) is 15.0 Å². The average molecular weight is 814 g/mol. The van der Waals surface area contributed by atoms with Crippen molar-refractivity contribution in [2.24, 2.45) is 0 Å². The molecule has 3 heteroatoms. The number of benzene rings is 11. The predicted molar refractivity (Wildman–Crippen MR) is 268 cm³/mol. The highest BCUT2D eigenvalue weighted by molar-refractivity contribution is 6.24. The van der Waals surface area contributed by atoms with E-state index in [1.165, 1.54) is 49.0 Å². The smallest absolute Gasteiger partial charge is 0.164 e. The first-order valence-electron chi connectivity index (χ1n) is 21.8. The van der Waals surface area contributed by atoms with Crippen molar-refractivity contribution >= 4 is 43.1 Å².